The molecule has 0 aliphatic carbocycles. The van der Waals surface area contributed by atoms with E-state index in [0.717, 1.165) is 34.8 Å². The van der Waals surface area contributed by atoms with Crippen LogP contribution < -0.4 is 0 Å². The SMILES string of the molecule is CCCCN(CCCC)C(=S)SSC(=S)N(CCCC)CCCC.[Zn]. The standard InChI is InChI=1S/C18H36N2S4.Zn/c1-5-9-13-19(14-10-6-2)17(21)23-24-18(22)20(15-11-7-3)16-12-8-4;/h5-16H2,1-4H3;. The second-order valence-corrected chi connectivity index (χ2v) is 9.48. The fourth-order valence-electron chi connectivity index (χ4n) is 2.16. The average molecular weight is 474 g/mol. The third-order valence-corrected chi connectivity index (χ3v) is 7.56. The van der Waals surface area contributed by atoms with E-state index in [1.165, 1.54) is 51.4 Å². The number of thiocarbonyl (C=S) groups is 2. The van der Waals surface area contributed by atoms with Gasteiger partial charge in [0.1, 0.15) is 8.64 Å². The monoisotopic (exact) mass is 472 g/mol. The number of unbranched alkanes of at least 4 members (excludes halogenated alkanes) is 4. The van der Waals surface area contributed by atoms with Gasteiger partial charge in [0, 0.05) is 45.7 Å². The Hall–Kier alpha value is 1.10. The van der Waals surface area contributed by atoms with Gasteiger partial charge in [0.05, 0.1) is 0 Å². The Bertz CT molecular complexity index is 295. The summed E-state index contributed by atoms with van der Waals surface area (Å²) in [4.78, 5) is 4.73. The average Bonchev–Trinajstić information content (AvgIpc) is 2.59. The molecule has 144 valence electrons. The molecule has 0 bridgehead atoms. The zero-order valence-corrected chi connectivity index (χ0v) is 23.0. The predicted octanol–water partition coefficient (Wildman–Crippen LogP) is 6.74. The van der Waals surface area contributed by atoms with Crippen molar-refractivity contribution in [1.82, 2.24) is 9.80 Å². The van der Waals surface area contributed by atoms with Crippen molar-refractivity contribution in [2.45, 2.75) is 79.1 Å². The number of hydrogen-bond donors (Lipinski definition) is 0. The van der Waals surface area contributed by atoms with Crippen molar-refractivity contribution in [2.24, 2.45) is 0 Å². The van der Waals surface area contributed by atoms with E-state index < -0.39 is 0 Å². The smallest absolute Gasteiger partial charge is 0.147 e. The molecule has 2 nitrogen and oxygen atoms in total. The van der Waals surface area contributed by atoms with Crippen molar-refractivity contribution in [1.29, 1.82) is 0 Å². The summed E-state index contributed by atoms with van der Waals surface area (Å²) in [5.41, 5.74) is 0. The summed E-state index contributed by atoms with van der Waals surface area (Å²) in [7, 11) is 3.36. The zero-order valence-electron chi connectivity index (χ0n) is 16.7. The Labute approximate surface area is 188 Å². The summed E-state index contributed by atoms with van der Waals surface area (Å²) in [6.07, 6.45) is 9.67. The normalized spacial score (nSPS) is 10.2. The maximum Gasteiger partial charge on any atom is 0.147 e. The molecule has 0 aromatic rings. The molecular weight excluding hydrogens is 438 g/mol. The molecule has 0 N–H and O–H groups in total. The first-order valence-electron chi connectivity index (χ1n) is 9.52. The van der Waals surface area contributed by atoms with Gasteiger partial charge in [-0.2, -0.15) is 0 Å². The zero-order chi connectivity index (χ0) is 18.2. The Morgan fingerprint density at radius 1 is 0.600 bits per heavy atom. The Balaban J connectivity index is 0. The van der Waals surface area contributed by atoms with Gasteiger partial charge in [-0.3, -0.25) is 0 Å². The summed E-state index contributed by atoms with van der Waals surface area (Å²) in [5, 5.41) is 0. The van der Waals surface area contributed by atoms with Crippen LogP contribution in [0.1, 0.15) is 79.1 Å². The Morgan fingerprint density at radius 3 is 1.04 bits per heavy atom. The van der Waals surface area contributed by atoms with E-state index in [1.54, 1.807) is 21.6 Å². The molecule has 25 heavy (non-hydrogen) atoms. The number of hydrogen-bond acceptors (Lipinski definition) is 4. The van der Waals surface area contributed by atoms with Crippen molar-refractivity contribution in [3.05, 3.63) is 0 Å². The van der Waals surface area contributed by atoms with Crippen molar-refractivity contribution >= 4 is 54.7 Å². The van der Waals surface area contributed by atoms with Gasteiger partial charge in [-0.15, -0.1) is 0 Å². The van der Waals surface area contributed by atoms with Gasteiger partial charge >= 0.3 is 0 Å². The number of nitrogens with zero attached hydrogens (tertiary/aromatic N) is 2. The summed E-state index contributed by atoms with van der Waals surface area (Å²) in [6, 6.07) is 0. The molecule has 0 radical (unpaired) electrons. The molecule has 0 heterocycles. The van der Waals surface area contributed by atoms with Gasteiger partial charge in [0.2, 0.25) is 0 Å². The molecular formula is C18H36N2S4Zn. The molecule has 0 aliphatic heterocycles. The minimum atomic E-state index is 0. The largest absolute Gasteiger partial charge is 0.357 e. The van der Waals surface area contributed by atoms with Crippen LogP contribution in [0.4, 0.5) is 0 Å². The first-order valence-corrected chi connectivity index (χ1v) is 12.5. The molecule has 0 atom stereocenters. The number of rotatable bonds is 12. The molecule has 0 amide bonds. The Morgan fingerprint density at radius 2 is 0.840 bits per heavy atom. The van der Waals surface area contributed by atoms with Crippen LogP contribution in [-0.2, 0) is 19.5 Å². The third kappa shape index (κ3) is 14.8. The van der Waals surface area contributed by atoms with Gasteiger partial charge in [0.15, 0.2) is 0 Å². The fraction of sp³-hybridized carbons (Fsp3) is 0.889. The molecule has 0 saturated carbocycles. The molecule has 0 saturated heterocycles. The minimum absolute atomic E-state index is 0. The van der Waals surface area contributed by atoms with E-state index in [4.69, 9.17) is 24.4 Å². The van der Waals surface area contributed by atoms with Crippen LogP contribution in [0.25, 0.3) is 0 Å². The maximum absolute atomic E-state index is 5.67. The van der Waals surface area contributed by atoms with Crippen LogP contribution in [0.15, 0.2) is 0 Å². The van der Waals surface area contributed by atoms with Crippen LogP contribution in [-0.4, -0.2) is 44.6 Å². The molecule has 7 heteroatoms. The molecule has 0 aliphatic rings. The van der Waals surface area contributed by atoms with E-state index in [1.807, 2.05) is 0 Å². The first kappa shape index (κ1) is 28.3. The molecule has 0 fully saturated rings. The van der Waals surface area contributed by atoms with E-state index in [0.29, 0.717) is 0 Å². The Kier molecular flexibility index (Phi) is 22.5. The van der Waals surface area contributed by atoms with Gasteiger partial charge in [-0.05, 0) is 47.3 Å². The first-order chi connectivity index (χ1) is 11.6. The van der Waals surface area contributed by atoms with E-state index in [9.17, 15) is 0 Å². The topological polar surface area (TPSA) is 6.48 Å². The summed E-state index contributed by atoms with van der Waals surface area (Å²) < 4.78 is 1.99. The summed E-state index contributed by atoms with van der Waals surface area (Å²) >= 11 is 11.3. The fourth-order valence-corrected chi connectivity index (χ4v) is 4.92. The van der Waals surface area contributed by atoms with Crippen molar-refractivity contribution in [3.63, 3.8) is 0 Å². The van der Waals surface area contributed by atoms with Gasteiger partial charge < -0.3 is 9.80 Å². The van der Waals surface area contributed by atoms with E-state index in [-0.39, 0.29) is 19.5 Å². The van der Waals surface area contributed by atoms with Crippen molar-refractivity contribution in [3.8, 4) is 0 Å². The predicted molar refractivity (Wildman–Crippen MR) is 123 cm³/mol. The minimum Gasteiger partial charge on any atom is -0.357 e. The van der Waals surface area contributed by atoms with Crippen molar-refractivity contribution in [2.75, 3.05) is 26.2 Å². The van der Waals surface area contributed by atoms with Gasteiger partial charge in [0.25, 0.3) is 0 Å². The summed E-state index contributed by atoms with van der Waals surface area (Å²) in [6.45, 7) is 13.2. The van der Waals surface area contributed by atoms with Crippen LogP contribution in [0, 0.1) is 0 Å². The summed E-state index contributed by atoms with van der Waals surface area (Å²) in [5.74, 6) is 0. The second kappa shape index (κ2) is 19.9. The van der Waals surface area contributed by atoms with Gasteiger partial charge in [-0.1, -0.05) is 77.8 Å². The van der Waals surface area contributed by atoms with E-state index >= 15 is 0 Å². The van der Waals surface area contributed by atoms with Gasteiger partial charge in [-0.25, -0.2) is 0 Å². The quantitative estimate of drug-likeness (QED) is 0.174. The third-order valence-electron chi connectivity index (χ3n) is 3.83. The maximum atomic E-state index is 5.67. The molecule has 0 aromatic carbocycles. The van der Waals surface area contributed by atoms with E-state index in [2.05, 4.69) is 37.5 Å². The van der Waals surface area contributed by atoms with Crippen LogP contribution >= 0.6 is 46.0 Å². The molecule has 0 rings (SSSR count). The van der Waals surface area contributed by atoms with Crippen molar-refractivity contribution < 1.29 is 19.5 Å². The van der Waals surface area contributed by atoms with Crippen LogP contribution in [0.5, 0.6) is 0 Å². The second-order valence-electron chi connectivity index (χ2n) is 6.09. The van der Waals surface area contributed by atoms with Crippen LogP contribution in [0.3, 0.4) is 0 Å². The molecule has 0 spiro atoms. The molecule has 0 aromatic heterocycles. The van der Waals surface area contributed by atoms with Crippen LogP contribution in [0.2, 0.25) is 0 Å². The molecule has 0 unspecified atom stereocenters.